The van der Waals surface area contributed by atoms with Crippen molar-refractivity contribution in [2.45, 2.75) is 37.0 Å². The molecular formula is C15H21N3S2. The Balaban J connectivity index is 1.61. The fraction of sp³-hybridized carbons (Fsp3) is 0.533. The molecular weight excluding hydrogens is 286 g/mol. The van der Waals surface area contributed by atoms with Crippen LogP contribution in [-0.4, -0.2) is 27.7 Å². The summed E-state index contributed by atoms with van der Waals surface area (Å²) in [7, 11) is 0. The molecule has 1 aliphatic rings. The maximum Gasteiger partial charge on any atom is 0.0794 e. The smallest absolute Gasteiger partial charge is 0.0794 e. The largest absolute Gasteiger partial charge is 0.311 e. The van der Waals surface area contributed by atoms with E-state index in [-0.39, 0.29) is 0 Å². The third-order valence-corrected chi connectivity index (χ3v) is 6.50. The van der Waals surface area contributed by atoms with Gasteiger partial charge in [0.25, 0.3) is 0 Å². The van der Waals surface area contributed by atoms with Crippen molar-refractivity contribution in [1.82, 2.24) is 15.5 Å². The van der Waals surface area contributed by atoms with E-state index in [1.807, 2.05) is 18.0 Å². The zero-order valence-corrected chi connectivity index (χ0v) is 13.4. The summed E-state index contributed by atoms with van der Waals surface area (Å²) < 4.78 is 0.465. The topological polar surface area (TPSA) is 40.7 Å². The van der Waals surface area contributed by atoms with Crippen LogP contribution in [0.3, 0.4) is 0 Å². The van der Waals surface area contributed by atoms with Crippen molar-refractivity contribution >= 4 is 23.1 Å². The van der Waals surface area contributed by atoms with Crippen LogP contribution in [0.5, 0.6) is 0 Å². The minimum atomic E-state index is 0.465. The van der Waals surface area contributed by atoms with E-state index in [2.05, 4.69) is 39.3 Å². The van der Waals surface area contributed by atoms with Crippen LogP contribution in [-0.2, 0) is 6.54 Å². The molecule has 2 aromatic heterocycles. The zero-order chi connectivity index (χ0) is 13.8. The molecule has 20 heavy (non-hydrogen) atoms. The lowest BCUT2D eigenvalue weighted by Crippen LogP contribution is -2.34. The molecule has 5 heteroatoms. The number of aromatic nitrogens is 2. The summed E-state index contributed by atoms with van der Waals surface area (Å²) in [4.78, 5) is 1.26. The molecule has 0 radical (unpaired) electrons. The van der Waals surface area contributed by atoms with Crippen molar-refractivity contribution in [1.29, 1.82) is 0 Å². The highest BCUT2D eigenvalue weighted by Crippen LogP contribution is 2.39. The number of H-pyrrole nitrogens is 1. The second-order valence-electron chi connectivity index (χ2n) is 5.45. The molecule has 0 spiro atoms. The van der Waals surface area contributed by atoms with Crippen LogP contribution >= 0.6 is 23.1 Å². The van der Waals surface area contributed by atoms with E-state index >= 15 is 0 Å². The van der Waals surface area contributed by atoms with E-state index in [0.29, 0.717) is 4.75 Å². The maximum absolute atomic E-state index is 4.20. The molecule has 0 aliphatic heterocycles. The number of aromatic amines is 1. The van der Waals surface area contributed by atoms with Crippen LogP contribution in [0.15, 0.2) is 23.7 Å². The summed E-state index contributed by atoms with van der Waals surface area (Å²) in [5, 5.41) is 13.1. The molecule has 108 valence electrons. The number of thiophene rings is 1. The third-order valence-electron chi connectivity index (χ3n) is 4.20. The van der Waals surface area contributed by atoms with Crippen molar-refractivity contribution in [3.05, 3.63) is 29.3 Å². The first-order chi connectivity index (χ1) is 9.83. The fourth-order valence-electron chi connectivity index (χ4n) is 2.98. The number of nitrogens with one attached hydrogen (secondary N) is 2. The molecule has 3 rings (SSSR count). The second-order valence-corrected chi connectivity index (χ2v) is 7.67. The van der Waals surface area contributed by atoms with E-state index < -0.39 is 0 Å². The minimum absolute atomic E-state index is 0.465. The molecule has 2 aromatic rings. The second kappa shape index (κ2) is 6.33. The Bertz CT molecular complexity index is 527. The van der Waals surface area contributed by atoms with Crippen LogP contribution in [0, 0.1) is 0 Å². The SMILES string of the molecule is CSC1(CNCc2cn[nH]c2-c2cccs2)CCCC1. The first-order valence-corrected chi connectivity index (χ1v) is 9.25. The lowest BCUT2D eigenvalue weighted by molar-refractivity contribution is 0.534. The predicted octanol–water partition coefficient (Wildman–Crippen LogP) is 3.90. The molecule has 2 N–H and O–H groups in total. The molecule has 0 amide bonds. The Morgan fingerprint density at radius 1 is 1.45 bits per heavy atom. The molecule has 0 aromatic carbocycles. The van der Waals surface area contributed by atoms with Crippen LogP contribution < -0.4 is 5.32 Å². The van der Waals surface area contributed by atoms with Crippen molar-refractivity contribution in [2.24, 2.45) is 0 Å². The lowest BCUT2D eigenvalue weighted by atomic mass is 10.1. The van der Waals surface area contributed by atoms with Crippen molar-refractivity contribution < 1.29 is 0 Å². The van der Waals surface area contributed by atoms with Crippen LogP contribution in [0.4, 0.5) is 0 Å². The molecule has 0 atom stereocenters. The van der Waals surface area contributed by atoms with Gasteiger partial charge in [-0.3, -0.25) is 5.10 Å². The van der Waals surface area contributed by atoms with Gasteiger partial charge in [0.15, 0.2) is 0 Å². The van der Waals surface area contributed by atoms with Gasteiger partial charge in [-0.05, 0) is 30.5 Å². The Hall–Kier alpha value is -0.780. The highest BCUT2D eigenvalue weighted by molar-refractivity contribution is 8.00. The first kappa shape index (κ1) is 14.2. The van der Waals surface area contributed by atoms with E-state index in [1.165, 1.54) is 36.1 Å². The van der Waals surface area contributed by atoms with Crippen molar-refractivity contribution in [2.75, 3.05) is 12.8 Å². The molecule has 2 heterocycles. The van der Waals surface area contributed by atoms with Gasteiger partial charge in [-0.15, -0.1) is 11.3 Å². The molecule has 1 aliphatic carbocycles. The van der Waals surface area contributed by atoms with E-state index in [1.54, 1.807) is 11.3 Å². The Labute approximate surface area is 128 Å². The number of hydrogen-bond acceptors (Lipinski definition) is 4. The molecule has 0 saturated heterocycles. The fourth-order valence-corrected chi connectivity index (χ4v) is 4.68. The van der Waals surface area contributed by atoms with Gasteiger partial charge in [-0.2, -0.15) is 16.9 Å². The average molecular weight is 307 g/mol. The molecule has 1 saturated carbocycles. The summed E-state index contributed by atoms with van der Waals surface area (Å²) >= 11 is 3.79. The number of thioether (sulfide) groups is 1. The Kier molecular flexibility index (Phi) is 4.48. The summed E-state index contributed by atoms with van der Waals surface area (Å²) in [6, 6.07) is 4.22. The molecule has 0 bridgehead atoms. The normalized spacial score (nSPS) is 17.6. The number of nitrogens with zero attached hydrogens (tertiary/aromatic N) is 1. The van der Waals surface area contributed by atoms with Gasteiger partial charge >= 0.3 is 0 Å². The standard InChI is InChI=1S/C15H21N3S2/c1-19-15(6-2-3-7-15)11-16-9-12-10-17-18-14(12)13-5-4-8-20-13/h4-5,8,10,16H,2-3,6-7,9,11H2,1H3,(H,17,18). The number of hydrogen-bond donors (Lipinski definition) is 2. The maximum atomic E-state index is 4.20. The Morgan fingerprint density at radius 2 is 2.30 bits per heavy atom. The van der Waals surface area contributed by atoms with Crippen LogP contribution in [0.1, 0.15) is 31.2 Å². The zero-order valence-electron chi connectivity index (χ0n) is 11.8. The van der Waals surface area contributed by atoms with E-state index in [0.717, 1.165) is 18.8 Å². The van der Waals surface area contributed by atoms with Gasteiger partial charge in [-0.1, -0.05) is 18.9 Å². The molecule has 1 fully saturated rings. The monoisotopic (exact) mass is 307 g/mol. The molecule has 0 unspecified atom stereocenters. The highest BCUT2D eigenvalue weighted by Gasteiger charge is 2.32. The number of rotatable bonds is 6. The molecule has 3 nitrogen and oxygen atoms in total. The lowest BCUT2D eigenvalue weighted by Gasteiger charge is -2.27. The predicted molar refractivity (Wildman–Crippen MR) is 88.3 cm³/mol. The Morgan fingerprint density at radius 3 is 3.00 bits per heavy atom. The third kappa shape index (κ3) is 2.95. The van der Waals surface area contributed by atoms with E-state index in [9.17, 15) is 0 Å². The van der Waals surface area contributed by atoms with Gasteiger partial charge in [0.1, 0.15) is 0 Å². The minimum Gasteiger partial charge on any atom is -0.311 e. The quantitative estimate of drug-likeness (QED) is 0.850. The highest BCUT2D eigenvalue weighted by atomic mass is 32.2. The van der Waals surface area contributed by atoms with Gasteiger partial charge in [0.05, 0.1) is 16.8 Å². The van der Waals surface area contributed by atoms with Crippen molar-refractivity contribution in [3.63, 3.8) is 0 Å². The summed E-state index contributed by atoms with van der Waals surface area (Å²) in [5.74, 6) is 0. The van der Waals surface area contributed by atoms with Gasteiger partial charge < -0.3 is 5.32 Å². The summed E-state index contributed by atoms with van der Waals surface area (Å²) in [5.41, 5.74) is 2.43. The van der Waals surface area contributed by atoms with E-state index in [4.69, 9.17) is 0 Å². The van der Waals surface area contributed by atoms with Crippen LogP contribution in [0.2, 0.25) is 0 Å². The summed E-state index contributed by atoms with van der Waals surface area (Å²) in [6.07, 6.45) is 9.67. The first-order valence-electron chi connectivity index (χ1n) is 7.15. The van der Waals surface area contributed by atoms with Crippen molar-refractivity contribution in [3.8, 4) is 10.6 Å². The van der Waals surface area contributed by atoms with Gasteiger partial charge in [0, 0.05) is 23.4 Å². The summed E-state index contributed by atoms with van der Waals surface area (Å²) in [6.45, 7) is 2.00. The van der Waals surface area contributed by atoms with Gasteiger partial charge in [-0.25, -0.2) is 0 Å². The van der Waals surface area contributed by atoms with Gasteiger partial charge in [0.2, 0.25) is 0 Å². The van der Waals surface area contributed by atoms with Crippen LogP contribution in [0.25, 0.3) is 10.6 Å². The average Bonchev–Trinajstić information content (AvgIpc) is 3.20.